The largest absolute Gasteiger partial charge is 0.389 e. The maximum Gasteiger partial charge on any atom is 0.240 e. The second-order valence-electron chi connectivity index (χ2n) is 5.44. The Morgan fingerprint density at radius 2 is 2.10 bits per heavy atom. The highest BCUT2D eigenvalue weighted by atomic mass is 32.2. The van der Waals surface area contributed by atoms with Crippen molar-refractivity contribution in [2.75, 3.05) is 0 Å². The molecule has 0 aliphatic heterocycles. The van der Waals surface area contributed by atoms with E-state index in [4.69, 9.17) is 18.0 Å². The molecule has 0 aromatic heterocycles. The Morgan fingerprint density at radius 1 is 1.45 bits per heavy atom. The van der Waals surface area contributed by atoms with Gasteiger partial charge in [0, 0.05) is 11.6 Å². The van der Waals surface area contributed by atoms with E-state index in [-0.39, 0.29) is 15.9 Å². The summed E-state index contributed by atoms with van der Waals surface area (Å²) in [5.41, 5.74) is 7.07. The van der Waals surface area contributed by atoms with E-state index in [2.05, 4.69) is 4.72 Å². The van der Waals surface area contributed by atoms with E-state index in [1.54, 1.807) is 18.2 Å². The molecule has 1 aromatic rings. The maximum atomic E-state index is 12.3. The number of thiocarbonyl (C=S) groups is 1. The van der Waals surface area contributed by atoms with Crippen LogP contribution in [0.25, 0.3) is 0 Å². The quantitative estimate of drug-likeness (QED) is 0.817. The van der Waals surface area contributed by atoms with Gasteiger partial charge in [-0.2, -0.15) is 0 Å². The molecule has 3 N–H and O–H groups in total. The molecule has 4 nitrogen and oxygen atoms in total. The van der Waals surface area contributed by atoms with E-state index in [9.17, 15) is 8.42 Å². The molecule has 0 spiro atoms. The van der Waals surface area contributed by atoms with Crippen molar-refractivity contribution in [1.29, 1.82) is 0 Å². The second-order valence-corrected chi connectivity index (χ2v) is 7.60. The van der Waals surface area contributed by atoms with Gasteiger partial charge in [0.25, 0.3) is 0 Å². The molecule has 1 unspecified atom stereocenters. The van der Waals surface area contributed by atoms with Gasteiger partial charge in [0.15, 0.2) is 0 Å². The summed E-state index contributed by atoms with van der Waals surface area (Å²) in [4.78, 5) is 0.545. The first-order valence-corrected chi connectivity index (χ1v) is 8.63. The Balaban J connectivity index is 2.20. The van der Waals surface area contributed by atoms with Crippen molar-refractivity contribution < 1.29 is 8.42 Å². The Hall–Kier alpha value is -0.980. The van der Waals surface area contributed by atoms with Crippen LogP contribution >= 0.6 is 12.2 Å². The minimum Gasteiger partial charge on any atom is -0.389 e. The Kier molecular flexibility index (Phi) is 4.46. The molecule has 0 amide bonds. The van der Waals surface area contributed by atoms with Crippen LogP contribution < -0.4 is 10.5 Å². The fourth-order valence-electron chi connectivity index (χ4n) is 2.43. The van der Waals surface area contributed by atoms with Gasteiger partial charge in [-0.15, -0.1) is 0 Å². The Bertz CT molecular complexity index is 622. The third-order valence-corrected chi connectivity index (χ3v) is 5.75. The van der Waals surface area contributed by atoms with Crippen molar-refractivity contribution in [1.82, 2.24) is 4.72 Å². The van der Waals surface area contributed by atoms with Gasteiger partial charge in [-0.3, -0.25) is 0 Å². The van der Waals surface area contributed by atoms with Crippen LogP contribution in [0.4, 0.5) is 0 Å². The topological polar surface area (TPSA) is 72.2 Å². The van der Waals surface area contributed by atoms with Crippen LogP contribution in [0.3, 0.4) is 0 Å². The second kappa shape index (κ2) is 5.79. The predicted molar refractivity (Wildman–Crippen MR) is 84.2 cm³/mol. The maximum absolute atomic E-state index is 12.3. The molecule has 1 atom stereocenters. The van der Waals surface area contributed by atoms with Crippen LogP contribution in [0.1, 0.15) is 37.3 Å². The van der Waals surface area contributed by atoms with Gasteiger partial charge < -0.3 is 5.73 Å². The number of nitrogens with two attached hydrogens (primary N) is 1. The van der Waals surface area contributed by atoms with E-state index >= 15 is 0 Å². The first-order chi connectivity index (χ1) is 9.31. The smallest absolute Gasteiger partial charge is 0.240 e. The molecule has 1 aliphatic rings. The number of hydrogen-bond acceptors (Lipinski definition) is 3. The van der Waals surface area contributed by atoms with Gasteiger partial charge in [0.05, 0.1) is 4.90 Å². The molecule has 0 saturated heterocycles. The van der Waals surface area contributed by atoms with Crippen LogP contribution in [-0.4, -0.2) is 19.4 Å². The SMILES string of the molecule is Cc1cc(S(=O)(=O)NC(C)C2CCC2)ccc1C(N)=S. The number of rotatable bonds is 5. The van der Waals surface area contributed by atoms with Crippen LogP contribution in [-0.2, 0) is 10.0 Å². The van der Waals surface area contributed by atoms with Gasteiger partial charge in [-0.05, 0) is 50.3 Å². The molecule has 0 bridgehead atoms. The highest BCUT2D eigenvalue weighted by Crippen LogP contribution is 2.30. The fourth-order valence-corrected chi connectivity index (χ4v) is 4.05. The first-order valence-electron chi connectivity index (χ1n) is 6.74. The summed E-state index contributed by atoms with van der Waals surface area (Å²) in [6.07, 6.45) is 3.39. The Labute approximate surface area is 125 Å². The summed E-state index contributed by atoms with van der Waals surface area (Å²) < 4.78 is 27.4. The highest BCUT2D eigenvalue weighted by molar-refractivity contribution is 7.89. The van der Waals surface area contributed by atoms with Crippen LogP contribution in [0.15, 0.2) is 23.1 Å². The fraction of sp³-hybridized carbons (Fsp3) is 0.500. The lowest BCUT2D eigenvalue weighted by molar-refractivity contribution is 0.260. The molecule has 0 heterocycles. The van der Waals surface area contributed by atoms with E-state index < -0.39 is 10.0 Å². The zero-order valence-electron chi connectivity index (χ0n) is 11.7. The van der Waals surface area contributed by atoms with E-state index in [1.165, 1.54) is 6.42 Å². The number of nitrogens with one attached hydrogen (secondary N) is 1. The minimum absolute atomic E-state index is 0.0238. The minimum atomic E-state index is -3.48. The number of benzene rings is 1. The summed E-state index contributed by atoms with van der Waals surface area (Å²) >= 11 is 4.93. The van der Waals surface area contributed by atoms with Crippen LogP contribution in [0, 0.1) is 12.8 Å². The van der Waals surface area contributed by atoms with Crippen LogP contribution in [0.5, 0.6) is 0 Å². The van der Waals surface area contributed by atoms with Crippen molar-refractivity contribution in [2.24, 2.45) is 11.7 Å². The van der Waals surface area contributed by atoms with Crippen molar-refractivity contribution in [3.8, 4) is 0 Å². The number of sulfonamides is 1. The van der Waals surface area contributed by atoms with Gasteiger partial charge in [0.1, 0.15) is 4.99 Å². The standard InChI is InChI=1S/C14H20N2O2S2/c1-9-8-12(6-7-13(9)14(15)19)20(17,18)16-10(2)11-4-3-5-11/h6-8,10-11,16H,3-5H2,1-2H3,(H2,15,19). The van der Waals surface area contributed by atoms with Crippen molar-refractivity contribution in [3.63, 3.8) is 0 Å². The molecular formula is C14H20N2O2S2. The number of aryl methyl sites for hydroxylation is 1. The van der Waals surface area contributed by atoms with Crippen molar-refractivity contribution in [3.05, 3.63) is 29.3 Å². The monoisotopic (exact) mass is 312 g/mol. The average Bonchev–Trinajstić information content (AvgIpc) is 2.24. The van der Waals surface area contributed by atoms with Crippen LogP contribution in [0.2, 0.25) is 0 Å². The van der Waals surface area contributed by atoms with Crippen molar-refractivity contribution >= 4 is 27.2 Å². The summed E-state index contributed by atoms with van der Waals surface area (Å²) in [6, 6.07) is 4.81. The summed E-state index contributed by atoms with van der Waals surface area (Å²) in [6.45, 7) is 3.74. The summed E-state index contributed by atoms with van der Waals surface area (Å²) in [7, 11) is -3.48. The van der Waals surface area contributed by atoms with Gasteiger partial charge in [-0.25, -0.2) is 13.1 Å². The summed E-state index contributed by atoms with van der Waals surface area (Å²) in [5.74, 6) is 0.460. The molecule has 1 fully saturated rings. The first kappa shape index (κ1) is 15.4. The third-order valence-electron chi connectivity index (χ3n) is 3.97. The molecule has 1 saturated carbocycles. The molecule has 2 rings (SSSR count). The number of hydrogen-bond donors (Lipinski definition) is 2. The summed E-state index contributed by atoms with van der Waals surface area (Å²) in [5, 5.41) is 0. The molecule has 20 heavy (non-hydrogen) atoms. The van der Waals surface area contributed by atoms with E-state index in [0.29, 0.717) is 11.5 Å². The van der Waals surface area contributed by atoms with Gasteiger partial charge >= 0.3 is 0 Å². The van der Waals surface area contributed by atoms with Gasteiger partial charge in [-0.1, -0.05) is 24.7 Å². The van der Waals surface area contributed by atoms with E-state index in [0.717, 1.165) is 18.4 Å². The normalized spacial score (nSPS) is 17.5. The molecule has 1 aromatic carbocycles. The van der Waals surface area contributed by atoms with Gasteiger partial charge in [0.2, 0.25) is 10.0 Å². The predicted octanol–water partition coefficient (Wildman–Crippen LogP) is 2.10. The zero-order chi connectivity index (χ0) is 14.9. The highest BCUT2D eigenvalue weighted by Gasteiger charge is 2.28. The molecule has 0 radical (unpaired) electrons. The molecule has 6 heteroatoms. The zero-order valence-corrected chi connectivity index (χ0v) is 13.4. The molecule has 110 valence electrons. The lowest BCUT2D eigenvalue weighted by Crippen LogP contribution is -2.40. The third kappa shape index (κ3) is 3.19. The van der Waals surface area contributed by atoms with Crippen molar-refractivity contribution in [2.45, 2.75) is 44.0 Å². The average molecular weight is 312 g/mol. The molecular weight excluding hydrogens is 292 g/mol. The lowest BCUT2D eigenvalue weighted by atomic mass is 9.81. The Morgan fingerprint density at radius 3 is 2.55 bits per heavy atom. The lowest BCUT2D eigenvalue weighted by Gasteiger charge is -2.31. The van der Waals surface area contributed by atoms with E-state index in [1.807, 2.05) is 13.8 Å². The molecule has 1 aliphatic carbocycles.